The summed E-state index contributed by atoms with van der Waals surface area (Å²) >= 11 is 0. The average molecular weight is 521 g/mol. The van der Waals surface area contributed by atoms with E-state index in [9.17, 15) is 4.79 Å². The van der Waals surface area contributed by atoms with E-state index in [1.807, 2.05) is 42.5 Å². The van der Waals surface area contributed by atoms with Crippen molar-refractivity contribution in [2.24, 2.45) is 0 Å². The van der Waals surface area contributed by atoms with Crippen molar-refractivity contribution in [2.45, 2.75) is 51.1 Å². The molecule has 1 atom stereocenters. The maximum atomic E-state index is 13.5. The van der Waals surface area contributed by atoms with Gasteiger partial charge in [0.05, 0.1) is 6.42 Å². The lowest BCUT2D eigenvalue weighted by Crippen LogP contribution is -2.46. The minimum atomic E-state index is -2.11. The maximum absolute atomic E-state index is 13.5. The summed E-state index contributed by atoms with van der Waals surface area (Å²) in [6.45, 7) is 6.40. The summed E-state index contributed by atoms with van der Waals surface area (Å²) in [6.07, 6.45) is 6.19. The van der Waals surface area contributed by atoms with E-state index in [2.05, 4.69) is 69.3 Å². The second-order valence-corrected chi connectivity index (χ2v) is 14.9. The highest BCUT2D eigenvalue weighted by Gasteiger charge is 2.44. The second kappa shape index (κ2) is 9.48. The Balaban J connectivity index is 1.45. The van der Waals surface area contributed by atoms with Gasteiger partial charge in [0.2, 0.25) is 0 Å². The molecule has 38 heavy (non-hydrogen) atoms. The highest BCUT2D eigenvalue weighted by atomic mass is 28.4. The van der Waals surface area contributed by atoms with Gasteiger partial charge in [-0.25, -0.2) is 0 Å². The molecule has 2 aliphatic heterocycles. The van der Waals surface area contributed by atoms with Crippen molar-refractivity contribution in [1.82, 2.24) is 0 Å². The van der Waals surface area contributed by atoms with Gasteiger partial charge in [0.15, 0.2) is 0 Å². The van der Waals surface area contributed by atoms with E-state index in [1.165, 1.54) is 0 Å². The summed E-state index contributed by atoms with van der Waals surface area (Å²) in [6, 6.07) is 27.3. The third kappa shape index (κ3) is 4.02. The molecule has 4 aromatic rings. The standard InChI is InChI=1S/C33H32O4Si/c1-4-38(5-2,6-3)37-32(34)22-25-21-29-27-14-10-8-12-24(27)16-18-31(29)36-33(25)20-19-28-26-13-9-7-11-23(26)15-17-30(28)35-33/h7-21H,4-6,22H2,1-3H3. The van der Waals surface area contributed by atoms with Gasteiger partial charge in [-0.05, 0) is 64.0 Å². The van der Waals surface area contributed by atoms with Gasteiger partial charge in [-0.2, -0.15) is 0 Å². The number of hydrogen-bond donors (Lipinski definition) is 0. The minimum Gasteiger partial charge on any atom is -0.519 e. The predicted molar refractivity (Wildman–Crippen MR) is 157 cm³/mol. The number of carbonyl (C=O) groups excluding carboxylic acids is 1. The Morgan fingerprint density at radius 1 is 0.763 bits per heavy atom. The zero-order valence-electron chi connectivity index (χ0n) is 22.1. The number of fused-ring (bicyclic) bond motifs is 6. The first-order valence-corrected chi connectivity index (χ1v) is 16.1. The number of hydrogen-bond acceptors (Lipinski definition) is 4. The Kier molecular flexibility index (Phi) is 6.11. The molecule has 0 aliphatic carbocycles. The molecule has 2 aliphatic rings. The second-order valence-electron chi connectivity index (χ2n) is 10.2. The van der Waals surface area contributed by atoms with Gasteiger partial charge in [0, 0.05) is 22.8 Å². The monoisotopic (exact) mass is 520 g/mol. The van der Waals surface area contributed by atoms with E-state index in [-0.39, 0.29) is 12.4 Å². The summed E-state index contributed by atoms with van der Waals surface area (Å²) in [5, 5.41) is 4.47. The molecule has 1 spiro atoms. The van der Waals surface area contributed by atoms with Gasteiger partial charge < -0.3 is 13.9 Å². The lowest BCUT2D eigenvalue weighted by molar-refractivity contribution is -0.136. The Morgan fingerprint density at radius 3 is 1.92 bits per heavy atom. The summed E-state index contributed by atoms with van der Waals surface area (Å²) in [4.78, 5) is 13.5. The van der Waals surface area contributed by atoms with Crippen molar-refractivity contribution < 1.29 is 18.7 Å². The Labute approximate surface area is 224 Å². The van der Waals surface area contributed by atoms with Crippen molar-refractivity contribution in [1.29, 1.82) is 0 Å². The van der Waals surface area contributed by atoms with Gasteiger partial charge >= 0.3 is 0 Å². The molecular weight excluding hydrogens is 488 g/mol. The fourth-order valence-corrected chi connectivity index (χ4v) is 8.23. The molecule has 0 fully saturated rings. The van der Waals surface area contributed by atoms with Crippen LogP contribution in [0, 0.1) is 0 Å². The van der Waals surface area contributed by atoms with Crippen LogP contribution in [0.25, 0.3) is 33.7 Å². The summed E-state index contributed by atoms with van der Waals surface area (Å²) in [5.41, 5.74) is 2.72. The van der Waals surface area contributed by atoms with Gasteiger partial charge in [0.1, 0.15) is 11.5 Å². The zero-order chi connectivity index (χ0) is 26.3. The molecule has 0 amide bonds. The number of rotatable bonds is 6. The Morgan fingerprint density at radius 2 is 1.32 bits per heavy atom. The van der Waals surface area contributed by atoms with Crippen LogP contribution >= 0.6 is 0 Å². The largest absolute Gasteiger partial charge is 0.519 e. The molecule has 192 valence electrons. The highest BCUT2D eigenvalue weighted by Crippen LogP contribution is 2.46. The van der Waals surface area contributed by atoms with Crippen LogP contribution in [-0.4, -0.2) is 20.1 Å². The SMILES string of the molecule is CC[Si](CC)(CC)OC(=O)CC1=Cc2c(ccc3ccccc23)OC12C=Cc1c(ccc3ccccc13)O2. The number of benzene rings is 4. The Bertz CT molecular complexity index is 1600. The molecule has 0 bridgehead atoms. The van der Waals surface area contributed by atoms with Crippen LogP contribution in [0.1, 0.15) is 38.3 Å². The van der Waals surface area contributed by atoms with Crippen LogP contribution in [0.5, 0.6) is 11.5 Å². The van der Waals surface area contributed by atoms with Gasteiger partial charge in [-0.3, -0.25) is 4.79 Å². The first kappa shape index (κ1) is 24.5. The third-order valence-corrected chi connectivity index (χ3v) is 12.7. The fraction of sp³-hybridized carbons (Fsp3) is 0.242. The lowest BCUT2D eigenvalue weighted by atomic mass is 9.90. The van der Waals surface area contributed by atoms with E-state index in [1.54, 1.807) is 0 Å². The van der Waals surface area contributed by atoms with Crippen LogP contribution < -0.4 is 9.47 Å². The highest BCUT2D eigenvalue weighted by molar-refractivity contribution is 6.74. The van der Waals surface area contributed by atoms with E-state index < -0.39 is 14.1 Å². The van der Waals surface area contributed by atoms with Crippen molar-refractivity contribution in [3.8, 4) is 11.5 Å². The van der Waals surface area contributed by atoms with Crippen LogP contribution in [-0.2, 0) is 9.22 Å². The van der Waals surface area contributed by atoms with Crippen molar-refractivity contribution >= 4 is 48.0 Å². The molecule has 0 aromatic heterocycles. The van der Waals surface area contributed by atoms with E-state index in [4.69, 9.17) is 13.9 Å². The smallest absolute Gasteiger partial charge is 0.296 e. The molecule has 0 saturated heterocycles. The minimum absolute atomic E-state index is 0.102. The maximum Gasteiger partial charge on any atom is 0.296 e. The third-order valence-electron chi connectivity index (χ3n) is 8.22. The van der Waals surface area contributed by atoms with Gasteiger partial charge in [-0.15, -0.1) is 0 Å². The number of carbonyl (C=O) groups is 1. The number of ether oxygens (including phenoxy) is 2. The quantitative estimate of drug-likeness (QED) is 0.239. The predicted octanol–water partition coefficient (Wildman–Crippen LogP) is 8.51. The topological polar surface area (TPSA) is 44.8 Å². The normalized spacial score (nSPS) is 17.9. The first-order chi connectivity index (χ1) is 18.5. The van der Waals surface area contributed by atoms with Gasteiger partial charge in [0.25, 0.3) is 20.1 Å². The van der Waals surface area contributed by atoms with Crippen molar-refractivity contribution in [3.63, 3.8) is 0 Å². The summed E-state index contributed by atoms with van der Waals surface area (Å²) in [7, 11) is -2.11. The Hall–Kier alpha value is -3.83. The molecule has 6 rings (SSSR count). The van der Waals surface area contributed by atoms with Crippen LogP contribution in [0.3, 0.4) is 0 Å². The molecule has 0 saturated carbocycles. The van der Waals surface area contributed by atoms with E-state index >= 15 is 0 Å². The molecule has 4 nitrogen and oxygen atoms in total. The van der Waals surface area contributed by atoms with E-state index in [0.29, 0.717) is 0 Å². The van der Waals surface area contributed by atoms with Crippen LogP contribution in [0.2, 0.25) is 18.1 Å². The zero-order valence-corrected chi connectivity index (χ0v) is 23.1. The van der Waals surface area contributed by atoms with Gasteiger partial charge in [-0.1, -0.05) is 81.4 Å². The van der Waals surface area contributed by atoms with E-state index in [0.717, 1.165) is 67.9 Å². The summed E-state index contributed by atoms with van der Waals surface area (Å²) in [5.74, 6) is 0.0309. The molecule has 5 heteroatoms. The van der Waals surface area contributed by atoms with Crippen molar-refractivity contribution in [3.05, 3.63) is 95.6 Å². The van der Waals surface area contributed by atoms with Crippen LogP contribution in [0.15, 0.2) is 84.4 Å². The molecule has 0 N–H and O–H groups in total. The molecular formula is C33H32O4Si. The fourth-order valence-electron chi connectivity index (χ4n) is 5.75. The lowest BCUT2D eigenvalue weighted by Gasteiger charge is -2.40. The summed E-state index contributed by atoms with van der Waals surface area (Å²) < 4.78 is 19.6. The van der Waals surface area contributed by atoms with Crippen molar-refractivity contribution in [2.75, 3.05) is 0 Å². The van der Waals surface area contributed by atoms with Crippen LogP contribution in [0.4, 0.5) is 0 Å². The molecule has 0 radical (unpaired) electrons. The average Bonchev–Trinajstić information content (AvgIpc) is 2.96. The molecule has 4 aromatic carbocycles. The first-order valence-electron chi connectivity index (χ1n) is 13.5. The molecule has 2 heterocycles. The molecule has 1 unspecified atom stereocenters.